The van der Waals surface area contributed by atoms with Gasteiger partial charge in [0.2, 0.25) is 5.91 Å². The summed E-state index contributed by atoms with van der Waals surface area (Å²) in [6.45, 7) is 3.37. The molecule has 1 amide bonds. The lowest BCUT2D eigenvalue weighted by molar-refractivity contribution is -0.118. The molecule has 1 rings (SSSR count). The summed E-state index contributed by atoms with van der Waals surface area (Å²) in [4.78, 5) is 11.7. The van der Waals surface area contributed by atoms with Gasteiger partial charge in [0.1, 0.15) is 0 Å². The molecule has 0 saturated heterocycles. The molecule has 0 spiro atoms. The summed E-state index contributed by atoms with van der Waals surface area (Å²) in [7, 11) is 3.12. The predicted molar refractivity (Wildman–Crippen MR) is 77.9 cm³/mol. The Balaban J connectivity index is 2.78. The molecule has 2 N–H and O–H groups in total. The van der Waals surface area contributed by atoms with Crippen LogP contribution in [-0.2, 0) is 4.79 Å². The molecule has 0 aliphatic carbocycles. The van der Waals surface area contributed by atoms with Gasteiger partial charge in [-0.25, -0.2) is 0 Å². The van der Waals surface area contributed by atoms with Crippen molar-refractivity contribution in [2.24, 2.45) is 0 Å². The highest BCUT2D eigenvalue weighted by atomic mass is 16.5. The largest absolute Gasteiger partial charge is 0.493 e. The third-order valence-electron chi connectivity index (χ3n) is 2.69. The molecule has 0 heterocycles. The van der Waals surface area contributed by atoms with Crippen molar-refractivity contribution >= 4 is 12.0 Å². The van der Waals surface area contributed by atoms with Crippen LogP contribution in [-0.4, -0.2) is 37.4 Å². The van der Waals surface area contributed by atoms with Gasteiger partial charge in [0.25, 0.3) is 0 Å². The Morgan fingerprint density at radius 1 is 1.30 bits per heavy atom. The van der Waals surface area contributed by atoms with E-state index in [0.717, 1.165) is 5.56 Å². The van der Waals surface area contributed by atoms with Crippen molar-refractivity contribution in [3.05, 3.63) is 29.8 Å². The zero-order chi connectivity index (χ0) is 15.2. The van der Waals surface area contributed by atoms with Crippen LogP contribution in [0.25, 0.3) is 6.08 Å². The van der Waals surface area contributed by atoms with Gasteiger partial charge in [-0.15, -0.1) is 0 Å². The molecule has 0 saturated carbocycles. The maximum Gasteiger partial charge on any atom is 0.244 e. The van der Waals surface area contributed by atoms with Crippen molar-refractivity contribution in [3.8, 4) is 11.5 Å². The van der Waals surface area contributed by atoms with Gasteiger partial charge < -0.3 is 19.9 Å². The van der Waals surface area contributed by atoms with E-state index in [1.165, 1.54) is 6.08 Å². The minimum Gasteiger partial charge on any atom is -0.493 e. The maximum atomic E-state index is 11.7. The monoisotopic (exact) mass is 279 g/mol. The normalized spacial score (nSPS) is 11.4. The van der Waals surface area contributed by atoms with Crippen LogP contribution in [0.4, 0.5) is 0 Å². The number of methoxy groups -OCH3 is 2. The number of benzene rings is 1. The second kappa shape index (κ2) is 6.96. The minimum absolute atomic E-state index is 0.122. The Morgan fingerprint density at radius 2 is 1.95 bits per heavy atom. The average Bonchev–Trinajstić information content (AvgIpc) is 2.44. The molecule has 0 atom stereocenters. The lowest BCUT2D eigenvalue weighted by Gasteiger charge is -2.22. The zero-order valence-electron chi connectivity index (χ0n) is 12.3. The predicted octanol–water partition coefficient (Wildman–Crippen LogP) is 1.60. The van der Waals surface area contributed by atoms with Crippen LogP contribution >= 0.6 is 0 Å². The van der Waals surface area contributed by atoms with Crippen molar-refractivity contribution in [1.82, 2.24) is 5.32 Å². The van der Waals surface area contributed by atoms with Crippen LogP contribution in [0.5, 0.6) is 11.5 Å². The number of nitrogens with one attached hydrogen (secondary N) is 1. The van der Waals surface area contributed by atoms with Crippen molar-refractivity contribution in [1.29, 1.82) is 0 Å². The molecule has 0 aromatic heterocycles. The van der Waals surface area contributed by atoms with Crippen molar-refractivity contribution in [2.75, 3.05) is 20.8 Å². The number of aliphatic hydroxyl groups excluding tert-OH is 1. The van der Waals surface area contributed by atoms with E-state index in [1.807, 2.05) is 6.07 Å². The van der Waals surface area contributed by atoms with E-state index in [1.54, 1.807) is 46.3 Å². The van der Waals surface area contributed by atoms with Gasteiger partial charge in [0.15, 0.2) is 11.5 Å². The van der Waals surface area contributed by atoms with E-state index in [9.17, 15) is 4.79 Å². The smallest absolute Gasteiger partial charge is 0.244 e. The Hall–Kier alpha value is -2.01. The number of hydrogen-bond acceptors (Lipinski definition) is 4. The Kier molecular flexibility index (Phi) is 5.58. The third-order valence-corrected chi connectivity index (χ3v) is 2.69. The number of ether oxygens (including phenoxy) is 2. The molecule has 0 unspecified atom stereocenters. The fourth-order valence-corrected chi connectivity index (χ4v) is 1.54. The second-order valence-corrected chi connectivity index (χ2v) is 4.98. The highest BCUT2D eigenvalue weighted by Gasteiger charge is 2.17. The van der Waals surface area contributed by atoms with Gasteiger partial charge >= 0.3 is 0 Å². The molecule has 0 aliphatic rings. The van der Waals surface area contributed by atoms with Gasteiger partial charge in [-0.1, -0.05) is 6.07 Å². The fourth-order valence-electron chi connectivity index (χ4n) is 1.54. The highest BCUT2D eigenvalue weighted by Crippen LogP contribution is 2.27. The summed E-state index contributed by atoms with van der Waals surface area (Å²) in [6.07, 6.45) is 3.09. The number of rotatable bonds is 6. The maximum absolute atomic E-state index is 11.7. The molecule has 110 valence electrons. The number of aliphatic hydroxyl groups is 1. The first-order valence-corrected chi connectivity index (χ1v) is 6.25. The highest BCUT2D eigenvalue weighted by molar-refractivity contribution is 5.92. The number of amides is 1. The van der Waals surface area contributed by atoms with E-state index in [4.69, 9.17) is 14.6 Å². The van der Waals surface area contributed by atoms with Crippen LogP contribution in [0.3, 0.4) is 0 Å². The first-order chi connectivity index (χ1) is 9.41. The lowest BCUT2D eigenvalue weighted by Crippen LogP contribution is -2.45. The van der Waals surface area contributed by atoms with Gasteiger partial charge in [-0.2, -0.15) is 0 Å². The van der Waals surface area contributed by atoms with E-state index in [2.05, 4.69) is 5.32 Å². The first-order valence-electron chi connectivity index (χ1n) is 6.25. The molecule has 20 heavy (non-hydrogen) atoms. The van der Waals surface area contributed by atoms with E-state index < -0.39 is 5.54 Å². The summed E-state index contributed by atoms with van der Waals surface area (Å²) in [5.74, 6) is 0.972. The van der Waals surface area contributed by atoms with Crippen LogP contribution < -0.4 is 14.8 Å². The molecule has 5 heteroatoms. The van der Waals surface area contributed by atoms with E-state index in [0.29, 0.717) is 11.5 Å². The Labute approximate surface area is 119 Å². The van der Waals surface area contributed by atoms with E-state index >= 15 is 0 Å². The van der Waals surface area contributed by atoms with Crippen molar-refractivity contribution in [2.45, 2.75) is 19.4 Å². The summed E-state index contributed by atoms with van der Waals surface area (Å²) in [5.41, 5.74) is 0.179. The summed E-state index contributed by atoms with van der Waals surface area (Å²) in [6, 6.07) is 5.37. The number of carbonyl (C=O) groups is 1. The van der Waals surface area contributed by atoms with Crippen LogP contribution in [0.1, 0.15) is 19.4 Å². The van der Waals surface area contributed by atoms with Crippen LogP contribution in [0.15, 0.2) is 24.3 Å². The molecule has 1 aromatic carbocycles. The van der Waals surface area contributed by atoms with Gasteiger partial charge in [0, 0.05) is 6.08 Å². The molecule has 0 bridgehead atoms. The molecule has 5 nitrogen and oxygen atoms in total. The molecular formula is C15H21NO4. The number of hydrogen-bond donors (Lipinski definition) is 2. The molecule has 0 aliphatic heterocycles. The average molecular weight is 279 g/mol. The van der Waals surface area contributed by atoms with E-state index in [-0.39, 0.29) is 12.5 Å². The minimum atomic E-state index is -0.640. The Morgan fingerprint density at radius 3 is 2.50 bits per heavy atom. The van der Waals surface area contributed by atoms with Crippen LogP contribution in [0, 0.1) is 0 Å². The summed E-state index contributed by atoms with van der Waals surface area (Å²) in [5, 5.41) is 11.8. The van der Waals surface area contributed by atoms with Gasteiger partial charge in [-0.3, -0.25) is 4.79 Å². The topological polar surface area (TPSA) is 67.8 Å². The number of carbonyl (C=O) groups excluding carboxylic acids is 1. The SMILES string of the molecule is COc1ccc(/C=C/C(=O)NC(C)(C)CO)cc1OC. The lowest BCUT2D eigenvalue weighted by atomic mass is 10.1. The van der Waals surface area contributed by atoms with Crippen molar-refractivity contribution < 1.29 is 19.4 Å². The fraction of sp³-hybridized carbons (Fsp3) is 0.400. The Bertz CT molecular complexity index is 495. The van der Waals surface area contributed by atoms with Crippen LogP contribution in [0.2, 0.25) is 0 Å². The summed E-state index contributed by atoms with van der Waals surface area (Å²) < 4.78 is 10.3. The summed E-state index contributed by atoms with van der Waals surface area (Å²) >= 11 is 0. The quantitative estimate of drug-likeness (QED) is 0.776. The zero-order valence-corrected chi connectivity index (χ0v) is 12.3. The first kappa shape index (κ1) is 16.0. The van der Waals surface area contributed by atoms with Crippen molar-refractivity contribution in [3.63, 3.8) is 0 Å². The molecule has 0 fully saturated rings. The van der Waals surface area contributed by atoms with Gasteiger partial charge in [-0.05, 0) is 37.6 Å². The standard InChI is InChI=1S/C15H21NO4/c1-15(2,10-17)16-14(18)8-6-11-5-7-12(19-3)13(9-11)20-4/h5-9,17H,10H2,1-4H3,(H,16,18)/b8-6+. The molecular weight excluding hydrogens is 258 g/mol. The molecule has 1 aromatic rings. The second-order valence-electron chi connectivity index (χ2n) is 4.98. The van der Waals surface area contributed by atoms with Gasteiger partial charge in [0.05, 0.1) is 26.4 Å². The third kappa shape index (κ3) is 4.59. The molecule has 0 radical (unpaired) electrons.